The highest BCUT2D eigenvalue weighted by atomic mass is 16.6. The van der Waals surface area contributed by atoms with E-state index in [0.717, 1.165) is 62.7 Å². The summed E-state index contributed by atoms with van der Waals surface area (Å²) in [7, 11) is 1.62. The van der Waals surface area contributed by atoms with Crippen molar-refractivity contribution in [2.24, 2.45) is 50.2 Å². The molecule has 6 heteroatoms. The lowest BCUT2D eigenvalue weighted by atomic mass is 9.33. The van der Waals surface area contributed by atoms with Crippen LogP contribution in [0.15, 0.2) is 42.0 Å². The molecule has 0 amide bonds. The summed E-state index contributed by atoms with van der Waals surface area (Å²) in [6.07, 6.45) is 12.2. The van der Waals surface area contributed by atoms with Gasteiger partial charge >= 0.3 is 11.9 Å². The van der Waals surface area contributed by atoms with E-state index in [1.54, 1.807) is 13.2 Å². The van der Waals surface area contributed by atoms with Gasteiger partial charge in [0.15, 0.2) is 0 Å². The molecule has 2 N–H and O–H groups in total. The molecule has 5 aliphatic carbocycles. The molecule has 6 rings (SSSR count). The van der Waals surface area contributed by atoms with Gasteiger partial charge in [-0.3, -0.25) is 4.79 Å². The predicted octanol–water partition coefficient (Wildman–Crippen LogP) is 8.48. The van der Waals surface area contributed by atoms with Crippen LogP contribution in [0.2, 0.25) is 0 Å². The van der Waals surface area contributed by atoms with Gasteiger partial charge in [0, 0.05) is 11.5 Å². The molecule has 0 aromatic heterocycles. The number of benzene rings is 1. The highest BCUT2D eigenvalue weighted by Gasteiger charge is 2.70. The summed E-state index contributed by atoms with van der Waals surface area (Å²) >= 11 is 0. The maximum Gasteiger partial charge on any atom is 0.331 e. The van der Waals surface area contributed by atoms with Gasteiger partial charge in [-0.2, -0.15) is 0 Å². The van der Waals surface area contributed by atoms with Crippen LogP contribution in [-0.2, 0) is 14.3 Å². The van der Waals surface area contributed by atoms with Crippen LogP contribution in [-0.4, -0.2) is 41.5 Å². The number of aliphatic hydroxyl groups excluding tert-OH is 1. The quantitative estimate of drug-likeness (QED) is 0.192. The number of allylic oxidation sites excluding steroid dienone is 2. The van der Waals surface area contributed by atoms with Crippen molar-refractivity contribution in [1.82, 2.24) is 0 Å². The summed E-state index contributed by atoms with van der Waals surface area (Å²) in [5.41, 5.74) is 1.14. The zero-order valence-electron chi connectivity index (χ0n) is 29.3. The van der Waals surface area contributed by atoms with Crippen LogP contribution in [0.1, 0.15) is 112 Å². The molecule has 0 radical (unpaired) electrons. The van der Waals surface area contributed by atoms with Crippen molar-refractivity contribution in [3.63, 3.8) is 0 Å². The molecular formula is C40H56O6. The summed E-state index contributed by atoms with van der Waals surface area (Å²) in [6.45, 7) is 16.3. The maximum atomic E-state index is 13.1. The van der Waals surface area contributed by atoms with Crippen LogP contribution in [0.25, 0.3) is 6.08 Å². The average Bonchev–Trinajstić information content (AvgIpc) is 2.98. The van der Waals surface area contributed by atoms with Crippen molar-refractivity contribution < 1.29 is 29.3 Å². The molecule has 1 aromatic carbocycles. The smallest absolute Gasteiger partial charge is 0.331 e. The lowest BCUT2D eigenvalue weighted by molar-refractivity contribution is -0.238. The first kappa shape index (κ1) is 33.3. The summed E-state index contributed by atoms with van der Waals surface area (Å²) in [5, 5.41) is 22.4. The standard InChI is InChI=1S/C40H56O6/c1-35(2)19-21-40(34(43)44)22-20-38(6)27(28(40)23-35)14-15-31-37(5)24-29(41)33(36(3,4)30(37)17-18-39(31,38)7)46-32(42)16-11-25-9-12-26(45-8)13-10-25/h9-14,16,28-31,33,41H,15,17-24H2,1-8H3,(H,43,44)/b16-11+/t28-,29+,30-,31+,33-,37-,38+,39+,40-/m0/s1. The number of hydrogen-bond acceptors (Lipinski definition) is 5. The molecule has 0 aliphatic heterocycles. The van der Waals surface area contributed by atoms with E-state index in [2.05, 4.69) is 54.5 Å². The van der Waals surface area contributed by atoms with Crippen LogP contribution in [0, 0.1) is 50.2 Å². The molecule has 4 saturated carbocycles. The van der Waals surface area contributed by atoms with Gasteiger partial charge in [-0.1, -0.05) is 72.2 Å². The Balaban J connectivity index is 1.27. The Morgan fingerprint density at radius 2 is 1.57 bits per heavy atom. The molecule has 1 aromatic rings. The molecule has 0 saturated heterocycles. The number of aliphatic carboxylic acids is 1. The van der Waals surface area contributed by atoms with Crippen molar-refractivity contribution >= 4 is 18.0 Å². The molecule has 0 spiro atoms. The van der Waals surface area contributed by atoms with E-state index in [1.165, 1.54) is 11.6 Å². The number of fused-ring (bicyclic) bond motifs is 7. The first-order valence-corrected chi connectivity index (χ1v) is 17.6. The van der Waals surface area contributed by atoms with E-state index in [4.69, 9.17) is 9.47 Å². The van der Waals surface area contributed by atoms with E-state index in [1.807, 2.05) is 24.3 Å². The molecule has 4 fully saturated rings. The molecule has 9 atom stereocenters. The SMILES string of the molecule is COc1ccc(/C=C/C(=O)O[C@H]2[C@H](O)C[C@]3(C)[C@H]4CC=C5[C@@H]6CC(C)(C)CC[C@]6(C(=O)O)CC[C@@]5(C)[C@]4(C)CC[C@H]3C2(C)C)cc1. The molecule has 6 nitrogen and oxygen atoms in total. The minimum absolute atomic E-state index is 0.00496. The second-order valence-electron chi connectivity index (χ2n) is 17.7. The summed E-state index contributed by atoms with van der Waals surface area (Å²) < 4.78 is 11.3. The minimum atomic E-state index is -0.764. The highest BCUT2D eigenvalue weighted by molar-refractivity contribution is 5.87. The van der Waals surface area contributed by atoms with Crippen LogP contribution in [0.3, 0.4) is 0 Å². The van der Waals surface area contributed by atoms with Crippen molar-refractivity contribution in [3.8, 4) is 5.75 Å². The van der Waals surface area contributed by atoms with E-state index >= 15 is 0 Å². The number of hydrogen-bond donors (Lipinski definition) is 2. The Hall–Kier alpha value is -2.60. The molecule has 0 heterocycles. The zero-order valence-corrected chi connectivity index (χ0v) is 29.3. The number of carbonyl (C=O) groups excluding carboxylic acids is 1. The van der Waals surface area contributed by atoms with Gasteiger partial charge in [0.05, 0.1) is 18.6 Å². The Morgan fingerprint density at radius 1 is 0.891 bits per heavy atom. The second kappa shape index (κ2) is 11.0. The zero-order chi connectivity index (χ0) is 33.5. The molecule has 0 unspecified atom stereocenters. The third-order valence-corrected chi connectivity index (χ3v) is 14.7. The first-order chi connectivity index (χ1) is 21.4. The summed E-state index contributed by atoms with van der Waals surface area (Å²) in [4.78, 5) is 26.1. The monoisotopic (exact) mass is 632 g/mol. The average molecular weight is 633 g/mol. The van der Waals surface area contributed by atoms with E-state index in [0.29, 0.717) is 12.3 Å². The van der Waals surface area contributed by atoms with E-state index in [9.17, 15) is 19.8 Å². The van der Waals surface area contributed by atoms with Crippen molar-refractivity contribution in [1.29, 1.82) is 0 Å². The Bertz CT molecular complexity index is 1440. The fourth-order valence-electron chi connectivity index (χ4n) is 12.0. The van der Waals surface area contributed by atoms with Gasteiger partial charge in [0.25, 0.3) is 0 Å². The number of ether oxygens (including phenoxy) is 2. The predicted molar refractivity (Wildman–Crippen MR) is 180 cm³/mol. The number of esters is 1. The van der Waals surface area contributed by atoms with Crippen LogP contribution < -0.4 is 4.74 Å². The third-order valence-electron chi connectivity index (χ3n) is 14.7. The van der Waals surface area contributed by atoms with Gasteiger partial charge in [0.2, 0.25) is 0 Å². The highest BCUT2D eigenvalue weighted by Crippen LogP contribution is 2.75. The molecular weight excluding hydrogens is 576 g/mol. The van der Waals surface area contributed by atoms with Crippen molar-refractivity contribution in [2.45, 2.75) is 118 Å². The summed E-state index contributed by atoms with van der Waals surface area (Å²) in [6, 6.07) is 7.48. The third kappa shape index (κ3) is 4.82. The van der Waals surface area contributed by atoms with Crippen LogP contribution >= 0.6 is 0 Å². The van der Waals surface area contributed by atoms with Gasteiger partial charge in [-0.25, -0.2) is 4.79 Å². The minimum Gasteiger partial charge on any atom is -0.497 e. The van der Waals surface area contributed by atoms with E-state index < -0.39 is 35.0 Å². The molecule has 0 bridgehead atoms. The number of carboxylic acids is 1. The van der Waals surface area contributed by atoms with Gasteiger partial charge in [-0.15, -0.1) is 0 Å². The van der Waals surface area contributed by atoms with Gasteiger partial charge in [0.1, 0.15) is 11.9 Å². The largest absolute Gasteiger partial charge is 0.497 e. The van der Waals surface area contributed by atoms with Crippen LogP contribution in [0.4, 0.5) is 0 Å². The normalized spacial score (nSPS) is 42.5. The van der Waals surface area contributed by atoms with Gasteiger partial charge in [-0.05, 0) is 121 Å². The fraction of sp³-hybridized carbons (Fsp3) is 0.700. The van der Waals surface area contributed by atoms with Crippen molar-refractivity contribution in [3.05, 3.63) is 47.6 Å². The molecule has 46 heavy (non-hydrogen) atoms. The number of rotatable bonds is 5. The molecule has 5 aliphatic rings. The number of carboxylic acid groups (broad SMARTS) is 1. The Morgan fingerprint density at radius 3 is 2.22 bits per heavy atom. The Labute approximate surface area is 276 Å². The first-order valence-electron chi connectivity index (χ1n) is 17.6. The fourth-order valence-corrected chi connectivity index (χ4v) is 12.0. The lowest BCUT2D eigenvalue weighted by Gasteiger charge is -2.71. The van der Waals surface area contributed by atoms with Crippen molar-refractivity contribution in [2.75, 3.05) is 7.11 Å². The Kier molecular flexibility index (Phi) is 7.94. The van der Waals surface area contributed by atoms with E-state index in [-0.39, 0.29) is 33.5 Å². The molecule has 252 valence electrons. The second-order valence-corrected chi connectivity index (χ2v) is 17.7. The maximum absolute atomic E-state index is 13.1. The topological polar surface area (TPSA) is 93.1 Å². The van der Waals surface area contributed by atoms with Crippen LogP contribution in [0.5, 0.6) is 5.75 Å². The summed E-state index contributed by atoms with van der Waals surface area (Å²) in [5.74, 6) is 0.427. The number of methoxy groups -OCH3 is 1. The van der Waals surface area contributed by atoms with Gasteiger partial charge < -0.3 is 19.7 Å². The lowest BCUT2D eigenvalue weighted by Crippen LogP contribution is -2.67. The number of aliphatic hydroxyl groups is 1. The number of carbonyl (C=O) groups is 2.